The van der Waals surface area contributed by atoms with Gasteiger partial charge in [-0.3, -0.25) is 0 Å². The van der Waals surface area contributed by atoms with Gasteiger partial charge >= 0.3 is 0 Å². The number of hydrogen-bond acceptors (Lipinski definition) is 5. The molecule has 1 aromatic heterocycles. The molecule has 1 heterocycles. The Kier molecular flexibility index (Phi) is 5.22. The van der Waals surface area contributed by atoms with E-state index in [4.69, 9.17) is 4.74 Å². The second-order valence-corrected chi connectivity index (χ2v) is 5.69. The third-order valence-electron chi connectivity index (χ3n) is 3.00. The Bertz CT molecular complexity index is 647. The molecule has 0 aliphatic heterocycles. The largest absolute Gasteiger partial charge is 0.504 e. The number of anilines is 1. The van der Waals surface area contributed by atoms with Gasteiger partial charge in [-0.15, -0.1) is 0 Å². The Labute approximate surface area is 137 Å². The van der Waals surface area contributed by atoms with E-state index >= 15 is 0 Å². The summed E-state index contributed by atoms with van der Waals surface area (Å²) >= 11 is 2.25. The van der Waals surface area contributed by atoms with Crippen molar-refractivity contribution in [3.05, 3.63) is 27.5 Å². The van der Waals surface area contributed by atoms with Crippen molar-refractivity contribution in [2.24, 2.45) is 0 Å². The van der Waals surface area contributed by atoms with E-state index in [2.05, 4.69) is 44.8 Å². The quantitative estimate of drug-likeness (QED) is 0.753. The molecule has 0 atom stereocenters. The van der Waals surface area contributed by atoms with Crippen molar-refractivity contribution < 1.29 is 9.84 Å². The van der Waals surface area contributed by atoms with Crippen molar-refractivity contribution in [1.82, 2.24) is 9.97 Å². The predicted molar refractivity (Wildman–Crippen MR) is 91.9 cm³/mol. The number of phenols is 1. The summed E-state index contributed by atoms with van der Waals surface area (Å²) in [5, 5.41) is 13.0. The van der Waals surface area contributed by atoms with Crippen LogP contribution < -0.4 is 10.1 Å². The van der Waals surface area contributed by atoms with Crippen LogP contribution in [0.2, 0.25) is 0 Å². The van der Waals surface area contributed by atoms with E-state index < -0.39 is 0 Å². The first-order chi connectivity index (χ1) is 10.1. The first-order valence-electron chi connectivity index (χ1n) is 6.72. The van der Waals surface area contributed by atoms with E-state index in [0.717, 1.165) is 33.6 Å². The van der Waals surface area contributed by atoms with Gasteiger partial charge in [0.05, 0.1) is 16.4 Å². The number of rotatable bonds is 5. The van der Waals surface area contributed by atoms with Gasteiger partial charge in [0.1, 0.15) is 5.82 Å². The molecule has 0 radical (unpaired) electrons. The summed E-state index contributed by atoms with van der Waals surface area (Å²) in [6.07, 6.45) is 1.03. The van der Waals surface area contributed by atoms with Crippen molar-refractivity contribution in [3.63, 3.8) is 0 Å². The molecule has 1 aromatic carbocycles. The van der Waals surface area contributed by atoms with E-state index in [9.17, 15) is 5.11 Å². The number of ether oxygens (including phenoxy) is 1. The molecular formula is C15H18IN3O2. The number of nitrogens with one attached hydrogen (secondary N) is 1. The van der Waals surface area contributed by atoms with Crippen LogP contribution in [-0.2, 0) is 0 Å². The maximum absolute atomic E-state index is 9.67. The number of benzene rings is 1. The molecule has 112 valence electrons. The standard InChI is InChI=1S/C15H18IN3O2/c1-4-7-17-15-13(16)9(2)18-14(19-15)10-5-6-11(20)12(8-10)21-3/h5-6,8,20H,4,7H2,1-3H3,(H,17,18,19). The monoisotopic (exact) mass is 399 g/mol. The average molecular weight is 399 g/mol. The zero-order valence-corrected chi connectivity index (χ0v) is 14.4. The van der Waals surface area contributed by atoms with Crippen LogP contribution >= 0.6 is 22.6 Å². The fourth-order valence-electron chi connectivity index (χ4n) is 1.87. The van der Waals surface area contributed by atoms with Gasteiger partial charge in [0.25, 0.3) is 0 Å². The Morgan fingerprint density at radius 3 is 2.76 bits per heavy atom. The number of phenolic OH excluding ortho intramolecular Hbond substituents is 1. The molecule has 0 spiro atoms. The number of aromatic nitrogens is 2. The molecule has 21 heavy (non-hydrogen) atoms. The lowest BCUT2D eigenvalue weighted by molar-refractivity contribution is 0.373. The molecule has 5 nitrogen and oxygen atoms in total. The van der Waals surface area contributed by atoms with Crippen LogP contribution in [0, 0.1) is 10.5 Å². The van der Waals surface area contributed by atoms with Gasteiger partial charge in [0.2, 0.25) is 0 Å². The van der Waals surface area contributed by atoms with Crippen LogP contribution in [0.5, 0.6) is 11.5 Å². The minimum absolute atomic E-state index is 0.104. The van der Waals surface area contributed by atoms with Gasteiger partial charge in [-0.05, 0) is 54.1 Å². The van der Waals surface area contributed by atoms with E-state index in [0.29, 0.717) is 11.6 Å². The lowest BCUT2D eigenvalue weighted by Crippen LogP contribution is -2.07. The van der Waals surface area contributed by atoms with Crippen molar-refractivity contribution in [1.29, 1.82) is 0 Å². The Balaban J connectivity index is 2.46. The fourth-order valence-corrected chi connectivity index (χ4v) is 2.30. The Hall–Kier alpha value is -1.57. The van der Waals surface area contributed by atoms with E-state index in [1.165, 1.54) is 7.11 Å². The van der Waals surface area contributed by atoms with Crippen LogP contribution in [0.1, 0.15) is 19.0 Å². The summed E-state index contributed by atoms with van der Waals surface area (Å²) in [7, 11) is 1.52. The van der Waals surface area contributed by atoms with Crippen LogP contribution in [0.15, 0.2) is 18.2 Å². The first kappa shape index (κ1) is 15.8. The lowest BCUT2D eigenvalue weighted by atomic mass is 10.2. The summed E-state index contributed by atoms with van der Waals surface area (Å²) in [6.45, 7) is 4.94. The number of aryl methyl sites for hydroxylation is 1. The molecule has 0 fully saturated rings. The van der Waals surface area contributed by atoms with Gasteiger partial charge in [0.15, 0.2) is 17.3 Å². The highest BCUT2D eigenvalue weighted by Gasteiger charge is 2.12. The maximum Gasteiger partial charge on any atom is 0.161 e. The zero-order valence-electron chi connectivity index (χ0n) is 12.3. The molecule has 0 unspecified atom stereocenters. The third kappa shape index (κ3) is 3.55. The molecule has 2 N–H and O–H groups in total. The van der Waals surface area contributed by atoms with Crippen LogP contribution in [-0.4, -0.2) is 28.7 Å². The Morgan fingerprint density at radius 2 is 2.10 bits per heavy atom. The Morgan fingerprint density at radius 1 is 1.33 bits per heavy atom. The smallest absolute Gasteiger partial charge is 0.161 e. The van der Waals surface area contributed by atoms with Gasteiger partial charge in [-0.2, -0.15) is 0 Å². The van der Waals surface area contributed by atoms with Crippen molar-refractivity contribution in [2.75, 3.05) is 19.0 Å². The highest BCUT2D eigenvalue weighted by Crippen LogP contribution is 2.31. The van der Waals surface area contributed by atoms with E-state index in [-0.39, 0.29) is 5.75 Å². The molecule has 2 aromatic rings. The van der Waals surface area contributed by atoms with Crippen LogP contribution in [0.3, 0.4) is 0 Å². The summed E-state index contributed by atoms with van der Waals surface area (Å²) in [5.74, 6) is 1.97. The molecule has 6 heteroatoms. The molecule has 2 rings (SSSR count). The van der Waals surface area contributed by atoms with Crippen molar-refractivity contribution >= 4 is 28.4 Å². The van der Waals surface area contributed by atoms with Gasteiger partial charge in [0, 0.05) is 12.1 Å². The number of nitrogens with zero attached hydrogens (tertiary/aromatic N) is 2. The molecule has 0 amide bonds. The number of hydrogen-bond donors (Lipinski definition) is 2. The van der Waals surface area contributed by atoms with Crippen LogP contribution in [0.25, 0.3) is 11.4 Å². The average Bonchev–Trinajstić information content (AvgIpc) is 2.49. The maximum atomic E-state index is 9.67. The topological polar surface area (TPSA) is 67.3 Å². The lowest BCUT2D eigenvalue weighted by Gasteiger charge is -2.11. The highest BCUT2D eigenvalue weighted by atomic mass is 127. The number of aromatic hydroxyl groups is 1. The summed E-state index contributed by atoms with van der Waals surface area (Å²) in [4.78, 5) is 9.10. The summed E-state index contributed by atoms with van der Waals surface area (Å²) in [5.41, 5.74) is 1.73. The van der Waals surface area contributed by atoms with E-state index in [1.54, 1.807) is 18.2 Å². The summed E-state index contributed by atoms with van der Waals surface area (Å²) in [6, 6.07) is 5.10. The molecule has 0 bridgehead atoms. The highest BCUT2D eigenvalue weighted by molar-refractivity contribution is 14.1. The second-order valence-electron chi connectivity index (χ2n) is 4.61. The van der Waals surface area contributed by atoms with Gasteiger partial charge in [-0.1, -0.05) is 6.92 Å². The molecule has 0 aliphatic rings. The zero-order chi connectivity index (χ0) is 15.4. The van der Waals surface area contributed by atoms with Crippen LogP contribution in [0.4, 0.5) is 5.82 Å². The minimum Gasteiger partial charge on any atom is -0.504 e. The van der Waals surface area contributed by atoms with Crippen molar-refractivity contribution in [2.45, 2.75) is 20.3 Å². The fraction of sp³-hybridized carbons (Fsp3) is 0.333. The molecule has 0 saturated heterocycles. The summed E-state index contributed by atoms with van der Waals surface area (Å²) < 4.78 is 6.16. The molecule has 0 saturated carbocycles. The second kappa shape index (κ2) is 6.93. The third-order valence-corrected chi connectivity index (χ3v) is 4.29. The predicted octanol–water partition coefficient (Wildman–Crippen LogP) is 3.59. The normalized spacial score (nSPS) is 10.5. The molecule has 0 aliphatic carbocycles. The van der Waals surface area contributed by atoms with Gasteiger partial charge in [-0.25, -0.2) is 9.97 Å². The SMILES string of the molecule is CCCNc1nc(-c2ccc(O)c(OC)c2)nc(C)c1I. The first-order valence-corrected chi connectivity index (χ1v) is 7.80. The van der Waals surface area contributed by atoms with Gasteiger partial charge < -0.3 is 15.2 Å². The van der Waals surface area contributed by atoms with Crippen molar-refractivity contribution in [3.8, 4) is 22.9 Å². The van der Waals surface area contributed by atoms with E-state index in [1.807, 2.05) is 6.92 Å². The number of methoxy groups -OCH3 is 1. The molecular weight excluding hydrogens is 381 g/mol. The minimum atomic E-state index is 0.104. The number of halogens is 1.